The number of esters is 1. The molecule has 2 aromatic carbocycles. The number of nitrogens with one attached hydrogen (secondary N) is 1. The van der Waals surface area contributed by atoms with Crippen LogP contribution in [0.2, 0.25) is 5.02 Å². The Kier molecular flexibility index (Phi) is 7.40. The van der Waals surface area contributed by atoms with Crippen molar-refractivity contribution in [3.8, 4) is 0 Å². The topological polar surface area (TPSA) is 92.8 Å². The van der Waals surface area contributed by atoms with E-state index in [-0.39, 0.29) is 22.9 Å². The number of carbonyl (C=O) groups is 4. The molecule has 0 unspecified atom stereocenters. The van der Waals surface area contributed by atoms with Crippen molar-refractivity contribution in [3.05, 3.63) is 87.1 Å². The van der Waals surface area contributed by atoms with E-state index in [1.165, 1.54) is 28.4 Å². The van der Waals surface area contributed by atoms with E-state index in [1.54, 1.807) is 53.9 Å². The molecule has 1 atom stereocenters. The summed E-state index contributed by atoms with van der Waals surface area (Å²) in [6.45, 7) is -0.0869. The van der Waals surface area contributed by atoms with Gasteiger partial charge in [0.05, 0.1) is 10.6 Å². The zero-order valence-corrected chi connectivity index (χ0v) is 19.6. The molecule has 0 bridgehead atoms. The lowest BCUT2D eigenvalue weighted by Gasteiger charge is -2.22. The first-order valence-corrected chi connectivity index (χ1v) is 11.9. The Labute approximate surface area is 205 Å². The smallest absolute Gasteiger partial charge is 0.329 e. The molecule has 0 aliphatic carbocycles. The summed E-state index contributed by atoms with van der Waals surface area (Å²) in [6.07, 6.45) is 1.16. The predicted molar refractivity (Wildman–Crippen MR) is 129 cm³/mol. The second kappa shape index (κ2) is 10.6. The van der Waals surface area contributed by atoms with Crippen LogP contribution in [0.3, 0.4) is 0 Å². The van der Waals surface area contributed by atoms with Crippen molar-refractivity contribution in [2.75, 3.05) is 18.5 Å². The number of anilines is 1. The first-order valence-electron chi connectivity index (χ1n) is 10.6. The number of likely N-dealkylation sites (tertiary alicyclic amines) is 1. The Bertz CT molecular complexity index is 1210. The molecule has 0 radical (unpaired) electrons. The molecular weight excluding hydrogens is 476 g/mol. The fourth-order valence-electron chi connectivity index (χ4n) is 3.77. The molecule has 4 rings (SSSR count). The van der Waals surface area contributed by atoms with Gasteiger partial charge in [-0.25, -0.2) is 4.79 Å². The van der Waals surface area contributed by atoms with E-state index < -0.39 is 24.5 Å². The predicted octanol–water partition coefficient (Wildman–Crippen LogP) is 4.42. The fraction of sp³-hybridized carbons (Fsp3) is 0.200. The van der Waals surface area contributed by atoms with Gasteiger partial charge in [-0.2, -0.15) is 0 Å². The lowest BCUT2D eigenvalue weighted by molar-refractivity contribution is -0.151. The number of thiophene rings is 1. The van der Waals surface area contributed by atoms with Gasteiger partial charge >= 0.3 is 5.97 Å². The second-order valence-corrected chi connectivity index (χ2v) is 9.06. The van der Waals surface area contributed by atoms with E-state index in [2.05, 4.69) is 5.32 Å². The van der Waals surface area contributed by atoms with Gasteiger partial charge in [0.2, 0.25) is 0 Å². The van der Waals surface area contributed by atoms with Crippen LogP contribution in [0.5, 0.6) is 0 Å². The average Bonchev–Trinajstić information content (AvgIpc) is 3.56. The fourth-order valence-corrected chi connectivity index (χ4v) is 4.63. The van der Waals surface area contributed by atoms with E-state index in [4.69, 9.17) is 16.3 Å². The standard InChI is InChI=1S/C25H21ClN2O5S/c26-17-10-11-19(18(14-17)23(30)16-6-2-1-3-7-16)27-22(29)15-33-25(32)20-8-4-12-28(20)24(31)21-9-5-13-34-21/h1-3,5-7,9-11,13-14,20H,4,8,12,15H2,(H,27,29)/t20-/m0/s1. The number of carbonyl (C=O) groups excluding carboxylic acids is 4. The van der Waals surface area contributed by atoms with E-state index in [1.807, 2.05) is 0 Å². The molecule has 1 aliphatic heterocycles. The molecule has 7 nitrogen and oxygen atoms in total. The average molecular weight is 497 g/mol. The van der Waals surface area contributed by atoms with Gasteiger partial charge < -0.3 is 15.0 Å². The minimum Gasteiger partial charge on any atom is -0.454 e. The van der Waals surface area contributed by atoms with Gasteiger partial charge in [0.25, 0.3) is 11.8 Å². The van der Waals surface area contributed by atoms with Crippen LogP contribution in [0, 0.1) is 0 Å². The highest BCUT2D eigenvalue weighted by atomic mass is 35.5. The van der Waals surface area contributed by atoms with Crippen molar-refractivity contribution >= 4 is 52.2 Å². The van der Waals surface area contributed by atoms with Gasteiger partial charge in [-0.3, -0.25) is 14.4 Å². The molecule has 1 saturated heterocycles. The molecule has 0 spiro atoms. The summed E-state index contributed by atoms with van der Waals surface area (Å²) in [6, 6.07) is 15.9. The maximum absolute atomic E-state index is 12.9. The maximum atomic E-state index is 12.9. The summed E-state index contributed by atoms with van der Waals surface area (Å²) in [7, 11) is 0. The molecule has 3 aromatic rings. The molecule has 2 heterocycles. The number of benzene rings is 2. The normalized spacial score (nSPS) is 15.1. The first kappa shape index (κ1) is 23.7. The summed E-state index contributed by atoms with van der Waals surface area (Å²) in [5.41, 5.74) is 0.931. The van der Waals surface area contributed by atoms with Crippen LogP contribution in [0.4, 0.5) is 5.69 Å². The number of ketones is 1. The van der Waals surface area contributed by atoms with Crippen molar-refractivity contribution in [3.63, 3.8) is 0 Å². The summed E-state index contributed by atoms with van der Waals surface area (Å²) < 4.78 is 5.21. The number of nitrogens with zero attached hydrogens (tertiary/aromatic N) is 1. The Morgan fingerprint density at radius 3 is 2.59 bits per heavy atom. The molecule has 1 aliphatic rings. The minimum absolute atomic E-state index is 0.218. The van der Waals surface area contributed by atoms with Crippen molar-refractivity contribution in [1.29, 1.82) is 0 Å². The zero-order valence-electron chi connectivity index (χ0n) is 18.0. The Hall–Kier alpha value is -3.49. The van der Waals surface area contributed by atoms with Crippen LogP contribution in [0.1, 0.15) is 38.4 Å². The van der Waals surface area contributed by atoms with Gasteiger partial charge in [-0.05, 0) is 42.5 Å². The number of rotatable bonds is 7. The molecule has 0 saturated carbocycles. The SMILES string of the molecule is O=C(COC(=O)[C@@H]1CCCN1C(=O)c1cccs1)Nc1ccc(Cl)cc1C(=O)c1ccccc1. The van der Waals surface area contributed by atoms with Crippen molar-refractivity contribution in [2.24, 2.45) is 0 Å². The minimum atomic E-state index is -0.729. The number of hydrogen-bond donors (Lipinski definition) is 1. The highest BCUT2D eigenvalue weighted by Crippen LogP contribution is 2.25. The van der Waals surface area contributed by atoms with Crippen molar-refractivity contribution in [2.45, 2.75) is 18.9 Å². The number of halogens is 1. The Balaban J connectivity index is 1.39. The first-order chi connectivity index (χ1) is 16.4. The molecule has 34 heavy (non-hydrogen) atoms. The van der Waals surface area contributed by atoms with Crippen molar-refractivity contribution in [1.82, 2.24) is 4.90 Å². The molecule has 1 N–H and O–H groups in total. The third-order valence-electron chi connectivity index (χ3n) is 5.40. The largest absolute Gasteiger partial charge is 0.454 e. The molecule has 174 valence electrons. The lowest BCUT2D eigenvalue weighted by Crippen LogP contribution is -2.41. The molecule has 9 heteroatoms. The van der Waals surface area contributed by atoms with Gasteiger partial charge in [-0.15, -0.1) is 11.3 Å². The van der Waals surface area contributed by atoms with Gasteiger partial charge in [0, 0.05) is 22.7 Å². The zero-order chi connectivity index (χ0) is 24.1. The summed E-state index contributed by atoms with van der Waals surface area (Å²) in [5, 5.41) is 4.76. The summed E-state index contributed by atoms with van der Waals surface area (Å²) in [4.78, 5) is 52.7. The molecular formula is C25H21ClN2O5S. The summed E-state index contributed by atoms with van der Waals surface area (Å²) in [5.74, 6) is -1.76. The Morgan fingerprint density at radius 2 is 1.85 bits per heavy atom. The van der Waals surface area contributed by atoms with Gasteiger partial charge in [0.15, 0.2) is 12.4 Å². The number of hydrogen-bond acceptors (Lipinski definition) is 6. The molecule has 1 aromatic heterocycles. The van der Waals surface area contributed by atoms with E-state index in [9.17, 15) is 19.2 Å². The quantitative estimate of drug-likeness (QED) is 0.386. The highest BCUT2D eigenvalue weighted by Gasteiger charge is 2.36. The van der Waals surface area contributed by atoms with E-state index >= 15 is 0 Å². The van der Waals surface area contributed by atoms with Crippen LogP contribution in [-0.2, 0) is 14.3 Å². The molecule has 1 fully saturated rings. The second-order valence-electron chi connectivity index (χ2n) is 7.67. The van der Waals surface area contributed by atoms with Crippen LogP contribution in [0.15, 0.2) is 66.0 Å². The summed E-state index contributed by atoms with van der Waals surface area (Å²) >= 11 is 7.38. The Morgan fingerprint density at radius 1 is 1.06 bits per heavy atom. The molecule has 2 amide bonds. The maximum Gasteiger partial charge on any atom is 0.329 e. The van der Waals surface area contributed by atoms with E-state index in [0.717, 1.165) is 0 Å². The van der Waals surface area contributed by atoms with Crippen LogP contribution >= 0.6 is 22.9 Å². The number of amides is 2. The van der Waals surface area contributed by atoms with Crippen molar-refractivity contribution < 1.29 is 23.9 Å². The van der Waals surface area contributed by atoms with Crippen LogP contribution in [-0.4, -0.2) is 47.7 Å². The monoisotopic (exact) mass is 496 g/mol. The van der Waals surface area contributed by atoms with Gasteiger partial charge in [-0.1, -0.05) is 48.0 Å². The number of ether oxygens (including phenoxy) is 1. The third-order valence-corrected chi connectivity index (χ3v) is 6.49. The third kappa shape index (κ3) is 5.35. The van der Waals surface area contributed by atoms with Crippen LogP contribution < -0.4 is 5.32 Å². The lowest BCUT2D eigenvalue weighted by atomic mass is 10.0. The van der Waals surface area contributed by atoms with Gasteiger partial charge in [0.1, 0.15) is 6.04 Å². The van der Waals surface area contributed by atoms with E-state index in [0.29, 0.717) is 34.8 Å². The highest BCUT2D eigenvalue weighted by molar-refractivity contribution is 7.12. The van der Waals surface area contributed by atoms with Crippen LogP contribution in [0.25, 0.3) is 0 Å².